The van der Waals surface area contributed by atoms with Gasteiger partial charge in [-0.3, -0.25) is 0 Å². The number of fused-ring (bicyclic) bond motifs is 1. The Morgan fingerprint density at radius 1 is 0.724 bits per heavy atom. The summed E-state index contributed by atoms with van der Waals surface area (Å²) in [6.07, 6.45) is 7.01. The molecule has 4 rings (SSSR count). The summed E-state index contributed by atoms with van der Waals surface area (Å²) in [7, 11) is 0. The molecule has 0 amide bonds. The van der Waals surface area contributed by atoms with Crippen molar-refractivity contribution >= 4 is 10.8 Å². The molecule has 1 fully saturated rings. The zero-order valence-electron chi connectivity index (χ0n) is 16.9. The minimum Gasteiger partial charge on any atom is -0.207 e. The van der Waals surface area contributed by atoms with Crippen LogP contribution in [-0.2, 0) is 6.42 Å². The molecular formula is C26H27F3. The predicted molar refractivity (Wildman–Crippen MR) is 113 cm³/mol. The molecule has 1 aliphatic carbocycles. The number of unbranched alkanes of at least 4 members (excludes halogenated alkanes) is 1. The first-order valence-electron chi connectivity index (χ1n) is 10.7. The first-order chi connectivity index (χ1) is 14.0. The van der Waals surface area contributed by atoms with Crippen LogP contribution < -0.4 is 0 Å². The van der Waals surface area contributed by atoms with Gasteiger partial charge in [0.15, 0.2) is 11.6 Å². The fourth-order valence-electron chi connectivity index (χ4n) is 4.69. The second kappa shape index (κ2) is 8.61. The molecule has 0 nitrogen and oxygen atoms in total. The van der Waals surface area contributed by atoms with Crippen LogP contribution in [0.4, 0.5) is 13.2 Å². The standard InChI is InChI=1S/C26H27F3/c1-2-3-4-17-5-12-23(24(27)13-17)19-8-6-18(7-9-19)20-10-11-21-15-25(28)26(29)16-22(21)14-20/h5,10-16,18-19H,2-4,6-9H2,1H3. The Hall–Kier alpha value is -2.29. The van der Waals surface area contributed by atoms with Crippen molar-refractivity contribution in [2.24, 2.45) is 0 Å². The zero-order chi connectivity index (χ0) is 20.4. The number of halogens is 3. The van der Waals surface area contributed by atoms with Crippen LogP contribution in [0.5, 0.6) is 0 Å². The number of benzene rings is 3. The summed E-state index contributed by atoms with van der Waals surface area (Å²) in [4.78, 5) is 0. The highest BCUT2D eigenvalue weighted by Gasteiger charge is 2.25. The largest absolute Gasteiger partial charge is 0.207 e. The van der Waals surface area contributed by atoms with E-state index in [1.807, 2.05) is 24.3 Å². The van der Waals surface area contributed by atoms with Gasteiger partial charge in [-0.05, 0) is 96.0 Å². The Balaban J connectivity index is 1.45. The molecule has 0 heterocycles. The summed E-state index contributed by atoms with van der Waals surface area (Å²) < 4.78 is 41.7. The van der Waals surface area contributed by atoms with E-state index in [-0.39, 0.29) is 11.7 Å². The molecule has 3 heteroatoms. The van der Waals surface area contributed by atoms with Crippen LogP contribution in [0.1, 0.15) is 74.0 Å². The number of aryl methyl sites for hydroxylation is 1. The SMILES string of the molecule is CCCCc1ccc(C2CCC(c3ccc4cc(F)c(F)cc4c3)CC2)c(F)c1. The molecule has 0 bridgehead atoms. The maximum Gasteiger partial charge on any atom is 0.159 e. The quantitative estimate of drug-likeness (QED) is 0.409. The van der Waals surface area contributed by atoms with Crippen molar-refractivity contribution in [1.29, 1.82) is 0 Å². The number of hydrogen-bond donors (Lipinski definition) is 0. The Morgan fingerprint density at radius 2 is 1.41 bits per heavy atom. The summed E-state index contributed by atoms with van der Waals surface area (Å²) >= 11 is 0. The minimum atomic E-state index is -0.812. The van der Waals surface area contributed by atoms with E-state index >= 15 is 0 Å². The van der Waals surface area contributed by atoms with Gasteiger partial charge in [0.2, 0.25) is 0 Å². The lowest BCUT2D eigenvalue weighted by molar-refractivity contribution is 0.387. The Morgan fingerprint density at radius 3 is 2.10 bits per heavy atom. The molecule has 0 N–H and O–H groups in total. The molecule has 0 saturated heterocycles. The Kier molecular flexibility index (Phi) is 5.94. The molecule has 1 aliphatic rings. The monoisotopic (exact) mass is 396 g/mol. The van der Waals surface area contributed by atoms with Crippen molar-refractivity contribution in [3.63, 3.8) is 0 Å². The second-order valence-corrected chi connectivity index (χ2v) is 8.38. The van der Waals surface area contributed by atoms with Crippen LogP contribution in [0.25, 0.3) is 10.8 Å². The molecule has 0 atom stereocenters. The summed E-state index contributed by atoms with van der Waals surface area (Å²) in [6.45, 7) is 2.15. The maximum absolute atomic E-state index is 14.7. The molecule has 1 saturated carbocycles. The third kappa shape index (κ3) is 4.34. The van der Waals surface area contributed by atoms with E-state index in [1.54, 1.807) is 6.07 Å². The van der Waals surface area contributed by atoms with Gasteiger partial charge in [-0.15, -0.1) is 0 Å². The first-order valence-corrected chi connectivity index (χ1v) is 10.7. The molecule has 0 aliphatic heterocycles. The maximum atomic E-state index is 14.7. The highest BCUT2D eigenvalue weighted by Crippen LogP contribution is 2.41. The lowest BCUT2D eigenvalue weighted by Crippen LogP contribution is -2.13. The van der Waals surface area contributed by atoms with Crippen molar-refractivity contribution in [2.45, 2.75) is 63.7 Å². The van der Waals surface area contributed by atoms with E-state index in [0.717, 1.165) is 67.0 Å². The summed E-state index contributed by atoms with van der Waals surface area (Å²) in [6, 6.07) is 14.2. The number of rotatable bonds is 5. The van der Waals surface area contributed by atoms with Crippen molar-refractivity contribution < 1.29 is 13.2 Å². The third-order valence-electron chi connectivity index (χ3n) is 6.43. The van der Waals surface area contributed by atoms with Crippen LogP contribution in [0.15, 0.2) is 48.5 Å². The van der Waals surface area contributed by atoms with Gasteiger partial charge in [0.25, 0.3) is 0 Å². The van der Waals surface area contributed by atoms with Gasteiger partial charge in [-0.1, -0.05) is 43.7 Å². The van der Waals surface area contributed by atoms with Gasteiger partial charge in [0, 0.05) is 0 Å². The van der Waals surface area contributed by atoms with Crippen LogP contribution in [0.3, 0.4) is 0 Å². The lowest BCUT2D eigenvalue weighted by atomic mass is 9.75. The molecule has 3 aromatic carbocycles. The second-order valence-electron chi connectivity index (χ2n) is 8.38. The summed E-state index contributed by atoms with van der Waals surface area (Å²) in [5.74, 6) is -1.04. The van der Waals surface area contributed by atoms with E-state index in [0.29, 0.717) is 11.3 Å². The van der Waals surface area contributed by atoms with Crippen molar-refractivity contribution in [2.75, 3.05) is 0 Å². The van der Waals surface area contributed by atoms with E-state index in [1.165, 1.54) is 12.1 Å². The van der Waals surface area contributed by atoms with E-state index < -0.39 is 11.6 Å². The Labute approximate surface area is 170 Å². The van der Waals surface area contributed by atoms with Gasteiger partial charge in [0.05, 0.1) is 0 Å². The van der Waals surface area contributed by atoms with Gasteiger partial charge < -0.3 is 0 Å². The normalized spacial score (nSPS) is 19.6. The van der Waals surface area contributed by atoms with Crippen molar-refractivity contribution in [1.82, 2.24) is 0 Å². The molecular weight excluding hydrogens is 369 g/mol. The predicted octanol–water partition coefficient (Wildman–Crippen LogP) is 8.04. The zero-order valence-corrected chi connectivity index (χ0v) is 16.9. The molecule has 0 unspecified atom stereocenters. The molecule has 29 heavy (non-hydrogen) atoms. The van der Waals surface area contributed by atoms with Crippen LogP contribution in [0, 0.1) is 17.5 Å². The van der Waals surface area contributed by atoms with Gasteiger partial charge in [-0.25, -0.2) is 13.2 Å². The molecule has 152 valence electrons. The summed E-state index contributed by atoms with van der Waals surface area (Å²) in [5, 5.41) is 1.45. The highest BCUT2D eigenvalue weighted by molar-refractivity contribution is 5.83. The highest BCUT2D eigenvalue weighted by atomic mass is 19.2. The molecule has 3 aromatic rings. The van der Waals surface area contributed by atoms with Crippen LogP contribution in [-0.4, -0.2) is 0 Å². The van der Waals surface area contributed by atoms with Crippen molar-refractivity contribution in [3.05, 3.63) is 82.7 Å². The average Bonchev–Trinajstić information content (AvgIpc) is 2.73. The van der Waals surface area contributed by atoms with E-state index in [2.05, 4.69) is 13.0 Å². The molecule has 0 spiro atoms. The van der Waals surface area contributed by atoms with Gasteiger partial charge in [-0.2, -0.15) is 0 Å². The van der Waals surface area contributed by atoms with Crippen LogP contribution in [0.2, 0.25) is 0 Å². The van der Waals surface area contributed by atoms with E-state index in [4.69, 9.17) is 0 Å². The fourth-order valence-corrected chi connectivity index (χ4v) is 4.69. The third-order valence-corrected chi connectivity index (χ3v) is 6.43. The number of hydrogen-bond acceptors (Lipinski definition) is 0. The lowest BCUT2D eigenvalue weighted by Gasteiger charge is -2.29. The topological polar surface area (TPSA) is 0 Å². The van der Waals surface area contributed by atoms with Gasteiger partial charge in [0.1, 0.15) is 5.82 Å². The average molecular weight is 396 g/mol. The molecule has 0 radical (unpaired) electrons. The van der Waals surface area contributed by atoms with Crippen molar-refractivity contribution in [3.8, 4) is 0 Å². The van der Waals surface area contributed by atoms with Gasteiger partial charge >= 0.3 is 0 Å². The smallest absolute Gasteiger partial charge is 0.159 e. The fraction of sp³-hybridized carbons (Fsp3) is 0.385. The minimum absolute atomic E-state index is 0.0646. The van der Waals surface area contributed by atoms with E-state index in [9.17, 15) is 13.2 Å². The summed E-state index contributed by atoms with van der Waals surface area (Å²) in [5.41, 5.74) is 3.10. The molecule has 0 aromatic heterocycles. The first kappa shape index (κ1) is 20.0. The Bertz CT molecular complexity index is 1000. The van der Waals surface area contributed by atoms with Crippen LogP contribution >= 0.6 is 0 Å².